The topological polar surface area (TPSA) is 62.3 Å². The molecule has 4 nitrogen and oxygen atoms in total. The number of methoxy groups -OCH3 is 1. The number of nitrogens with two attached hydrogens (primary N) is 1. The summed E-state index contributed by atoms with van der Waals surface area (Å²) in [4.78, 5) is 2.40. The van der Waals surface area contributed by atoms with Crippen molar-refractivity contribution in [3.05, 3.63) is 29.3 Å². The molecule has 1 heterocycles. The van der Waals surface area contributed by atoms with Crippen molar-refractivity contribution in [2.24, 2.45) is 11.7 Å². The third kappa shape index (κ3) is 2.81. The Balaban J connectivity index is 2.04. The third-order valence-electron chi connectivity index (χ3n) is 3.50. The quantitative estimate of drug-likeness (QED) is 0.869. The van der Waals surface area contributed by atoms with E-state index in [1.165, 1.54) is 12.0 Å². The number of nitrogens with zero attached hydrogens (tertiary/aromatic N) is 2. The molecule has 18 heavy (non-hydrogen) atoms. The molecule has 4 heteroatoms. The number of nitriles is 1. The molecule has 1 aliphatic rings. The van der Waals surface area contributed by atoms with E-state index in [0.29, 0.717) is 17.2 Å². The molecule has 2 N–H and O–H groups in total. The van der Waals surface area contributed by atoms with E-state index in [4.69, 9.17) is 15.7 Å². The summed E-state index contributed by atoms with van der Waals surface area (Å²) in [5, 5.41) is 8.94. The van der Waals surface area contributed by atoms with Crippen LogP contribution in [-0.4, -0.2) is 31.6 Å². The van der Waals surface area contributed by atoms with Gasteiger partial charge in [-0.1, -0.05) is 6.07 Å². The lowest BCUT2D eigenvalue weighted by molar-refractivity contribution is 0.317. The zero-order valence-corrected chi connectivity index (χ0v) is 10.7. The van der Waals surface area contributed by atoms with Gasteiger partial charge in [-0.05, 0) is 43.1 Å². The van der Waals surface area contributed by atoms with Gasteiger partial charge in [-0.2, -0.15) is 5.26 Å². The zero-order chi connectivity index (χ0) is 13.0. The van der Waals surface area contributed by atoms with Gasteiger partial charge < -0.3 is 10.5 Å². The molecule has 96 valence electrons. The molecular formula is C14H19N3O. The normalized spacial score (nSPS) is 19.7. The molecule has 1 aromatic carbocycles. The summed E-state index contributed by atoms with van der Waals surface area (Å²) in [6.45, 7) is 3.84. The van der Waals surface area contributed by atoms with Crippen LogP contribution in [0, 0.1) is 17.2 Å². The molecule has 1 unspecified atom stereocenters. The van der Waals surface area contributed by atoms with Crippen molar-refractivity contribution in [2.75, 3.05) is 26.7 Å². The smallest absolute Gasteiger partial charge is 0.136 e. The summed E-state index contributed by atoms with van der Waals surface area (Å²) in [6, 6.07) is 7.90. The average molecular weight is 245 g/mol. The van der Waals surface area contributed by atoms with E-state index in [1.54, 1.807) is 7.11 Å². The van der Waals surface area contributed by atoms with Gasteiger partial charge in [-0.3, -0.25) is 4.90 Å². The lowest BCUT2D eigenvalue weighted by Gasteiger charge is -2.16. The van der Waals surface area contributed by atoms with Crippen LogP contribution in [0.3, 0.4) is 0 Å². The van der Waals surface area contributed by atoms with Crippen molar-refractivity contribution in [2.45, 2.75) is 13.0 Å². The van der Waals surface area contributed by atoms with Gasteiger partial charge in [0.15, 0.2) is 0 Å². The number of hydrogen-bond acceptors (Lipinski definition) is 4. The highest BCUT2D eigenvalue weighted by atomic mass is 16.5. The fourth-order valence-electron chi connectivity index (χ4n) is 2.43. The minimum atomic E-state index is 0.586. The molecule has 2 rings (SSSR count). The molecule has 0 aliphatic carbocycles. The molecule has 0 amide bonds. The van der Waals surface area contributed by atoms with Crippen LogP contribution in [0.2, 0.25) is 0 Å². The number of ether oxygens (including phenoxy) is 1. The van der Waals surface area contributed by atoms with Crippen molar-refractivity contribution in [1.29, 1.82) is 5.26 Å². The second kappa shape index (κ2) is 5.85. The van der Waals surface area contributed by atoms with Gasteiger partial charge in [0, 0.05) is 13.1 Å². The molecular weight excluding hydrogens is 226 g/mol. The van der Waals surface area contributed by atoms with Crippen LogP contribution in [0.4, 0.5) is 0 Å². The summed E-state index contributed by atoms with van der Waals surface area (Å²) in [6.07, 6.45) is 1.18. The summed E-state index contributed by atoms with van der Waals surface area (Å²) in [5.41, 5.74) is 7.46. The van der Waals surface area contributed by atoms with Crippen LogP contribution in [0.25, 0.3) is 0 Å². The first-order valence-electron chi connectivity index (χ1n) is 6.26. The first kappa shape index (κ1) is 12.9. The molecule has 1 atom stereocenters. The Labute approximate surface area is 108 Å². The van der Waals surface area contributed by atoms with Crippen molar-refractivity contribution in [1.82, 2.24) is 4.90 Å². The summed E-state index contributed by atoms with van der Waals surface area (Å²) in [5.74, 6) is 1.29. The van der Waals surface area contributed by atoms with E-state index in [2.05, 4.69) is 11.0 Å². The highest BCUT2D eigenvalue weighted by Gasteiger charge is 2.21. The van der Waals surface area contributed by atoms with E-state index >= 15 is 0 Å². The molecule has 0 spiro atoms. The van der Waals surface area contributed by atoms with Gasteiger partial charge in [0.2, 0.25) is 0 Å². The number of benzene rings is 1. The minimum Gasteiger partial charge on any atom is -0.495 e. The fourth-order valence-corrected chi connectivity index (χ4v) is 2.43. The van der Waals surface area contributed by atoms with Crippen molar-refractivity contribution in [3.63, 3.8) is 0 Å². The Hall–Kier alpha value is -1.57. The van der Waals surface area contributed by atoms with Gasteiger partial charge in [0.05, 0.1) is 12.7 Å². The Kier molecular flexibility index (Phi) is 4.19. The maximum atomic E-state index is 8.94. The monoisotopic (exact) mass is 245 g/mol. The van der Waals surface area contributed by atoms with Gasteiger partial charge in [0.25, 0.3) is 0 Å². The fraction of sp³-hybridized carbons (Fsp3) is 0.500. The largest absolute Gasteiger partial charge is 0.495 e. The van der Waals surface area contributed by atoms with E-state index < -0.39 is 0 Å². The maximum absolute atomic E-state index is 8.94. The van der Waals surface area contributed by atoms with E-state index in [0.717, 1.165) is 26.2 Å². The van der Waals surface area contributed by atoms with Crippen LogP contribution < -0.4 is 10.5 Å². The summed E-state index contributed by atoms with van der Waals surface area (Å²) >= 11 is 0. The zero-order valence-electron chi connectivity index (χ0n) is 10.7. The van der Waals surface area contributed by atoms with Crippen molar-refractivity contribution >= 4 is 0 Å². The standard InChI is InChI=1S/C14H19N3O/c1-18-14-6-11(2-3-13(14)8-16)9-17-5-4-12(7-15)10-17/h2-3,6,12H,4-5,7,9-10,15H2,1H3. The van der Waals surface area contributed by atoms with Gasteiger partial charge in [-0.15, -0.1) is 0 Å². The first-order chi connectivity index (χ1) is 8.76. The highest BCUT2D eigenvalue weighted by molar-refractivity contribution is 5.45. The SMILES string of the molecule is COc1cc(CN2CCC(CN)C2)ccc1C#N. The van der Waals surface area contributed by atoms with Crippen LogP contribution in [0.5, 0.6) is 5.75 Å². The van der Waals surface area contributed by atoms with Crippen LogP contribution >= 0.6 is 0 Å². The van der Waals surface area contributed by atoms with Gasteiger partial charge in [-0.25, -0.2) is 0 Å². The number of rotatable bonds is 4. The number of likely N-dealkylation sites (tertiary alicyclic amines) is 1. The van der Waals surface area contributed by atoms with Crippen molar-refractivity contribution < 1.29 is 4.74 Å². The lowest BCUT2D eigenvalue weighted by atomic mass is 10.1. The van der Waals surface area contributed by atoms with Gasteiger partial charge >= 0.3 is 0 Å². The molecule has 0 aromatic heterocycles. The second-order valence-corrected chi connectivity index (χ2v) is 4.77. The Bertz CT molecular complexity index is 453. The molecule has 1 saturated heterocycles. The lowest BCUT2D eigenvalue weighted by Crippen LogP contribution is -2.22. The van der Waals surface area contributed by atoms with E-state index in [1.807, 2.05) is 18.2 Å². The van der Waals surface area contributed by atoms with Crippen LogP contribution in [0.1, 0.15) is 17.5 Å². The predicted molar refractivity (Wildman–Crippen MR) is 70.1 cm³/mol. The van der Waals surface area contributed by atoms with Crippen molar-refractivity contribution in [3.8, 4) is 11.8 Å². The van der Waals surface area contributed by atoms with E-state index in [-0.39, 0.29) is 0 Å². The first-order valence-corrected chi connectivity index (χ1v) is 6.26. The minimum absolute atomic E-state index is 0.586. The predicted octanol–water partition coefficient (Wildman–Crippen LogP) is 1.35. The maximum Gasteiger partial charge on any atom is 0.136 e. The Morgan fingerprint density at radius 2 is 2.39 bits per heavy atom. The molecule has 1 aromatic rings. The molecule has 0 radical (unpaired) electrons. The third-order valence-corrected chi connectivity index (χ3v) is 3.50. The number of hydrogen-bond donors (Lipinski definition) is 1. The van der Waals surface area contributed by atoms with Gasteiger partial charge in [0.1, 0.15) is 11.8 Å². The summed E-state index contributed by atoms with van der Waals surface area (Å²) < 4.78 is 5.22. The molecule has 0 bridgehead atoms. The summed E-state index contributed by atoms with van der Waals surface area (Å²) in [7, 11) is 1.60. The molecule has 0 saturated carbocycles. The molecule has 1 aliphatic heterocycles. The Morgan fingerprint density at radius 1 is 1.56 bits per heavy atom. The van der Waals surface area contributed by atoms with Crippen LogP contribution in [-0.2, 0) is 6.54 Å². The second-order valence-electron chi connectivity index (χ2n) is 4.77. The Morgan fingerprint density at radius 3 is 3.00 bits per heavy atom. The van der Waals surface area contributed by atoms with Crippen LogP contribution in [0.15, 0.2) is 18.2 Å². The highest BCUT2D eigenvalue weighted by Crippen LogP contribution is 2.22. The average Bonchev–Trinajstić information content (AvgIpc) is 2.86. The van der Waals surface area contributed by atoms with E-state index in [9.17, 15) is 0 Å². The molecule has 1 fully saturated rings.